The predicted molar refractivity (Wildman–Crippen MR) is 38.4 cm³/mol. The molecule has 0 aliphatic heterocycles. The Balaban J connectivity index is 0. The zero-order valence-electron chi connectivity index (χ0n) is 7.04. The Morgan fingerprint density at radius 2 is 2.00 bits per heavy atom. The number of rotatable bonds is 5. The molecular weight excluding hydrogens is 175 g/mol. The standard InChI is InChI=1S/C6H13O3S.Na/c1-2-3-4-5-6-10(7,8)9;/h3H,2,4-6H2,1H3,(H,7,8,9);/q;+1/p-1. The van der Waals surface area contributed by atoms with Gasteiger partial charge in [-0.3, -0.25) is 0 Å². The second kappa shape index (κ2) is 7.55. The first-order valence-electron chi connectivity index (χ1n) is 3.31. The molecule has 0 rings (SSSR count). The largest absolute Gasteiger partial charge is 1.00 e. The van der Waals surface area contributed by atoms with Crippen molar-refractivity contribution in [1.29, 1.82) is 0 Å². The van der Waals surface area contributed by atoms with E-state index < -0.39 is 10.1 Å². The molecule has 0 aromatic carbocycles. The Hall–Kier alpha value is 0.910. The molecule has 0 N–H and O–H groups in total. The molecule has 0 spiro atoms. The van der Waals surface area contributed by atoms with Gasteiger partial charge in [-0.15, -0.1) is 0 Å². The smallest absolute Gasteiger partial charge is 0.748 e. The molecule has 5 heteroatoms. The van der Waals surface area contributed by atoms with Crippen molar-refractivity contribution in [2.45, 2.75) is 26.2 Å². The molecule has 3 nitrogen and oxygen atoms in total. The molecule has 1 radical (unpaired) electrons. The summed E-state index contributed by atoms with van der Waals surface area (Å²) >= 11 is 0. The van der Waals surface area contributed by atoms with Gasteiger partial charge in [0, 0.05) is 5.75 Å². The first-order chi connectivity index (χ1) is 4.56. The van der Waals surface area contributed by atoms with Crippen molar-refractivity contribution in [3.05, 3.63) is 6.42 Å². The minimum absolute atomic E-state index is 0. The fourth-order valence-electron chi connectivity index (χ4n) is 0.609. The van der Waals surface area contributed by atoms with Gasteiger partial charge in [-0.1, -0.05) is 13.3 Å². The summed E-state index contributed by atoms with van der Waals surface area (Å²) in [7, 11) is -3.97. The van der Waals surface area contributed by atoms with Crippen molar-refractivity contribution in [1.82, 2.24) is 0 Å². The predicted octanol–water partition coefficient (Wildman–Crippen LogP) is -2.07. The van der Waals surface area contributed by atoms with Crippen molar-refractivity contribution >= 4 is 10.1 Å². The van der Waals surface area contributed by atoms with E-state index in [0.717, 1.165) is 12.8 Å². The molecule has 0 aliphatic carbocycles. The average molecular weight is 187 g/mol. The summed E-state index contributed by atoms with van der Waals surface area (Å²) in [4.78, 5) is 0. The minimum Gasteiger partial charge on any atom is -0.748 e. The van der Waals surface area contributed by atoms with E-state index >= 15 is 0 Å². The first-order valence-corrected chi connectivity index (χ1v) is 4.89. The zero-order chi connectivity index (χ0) is 8.04. The second-order valence-electron chi connectivity index (χ2n) is 2.10. The summed E-state index contributed by atoms with van der Waals surface area (Å²) in [5.41, 5.74) is 0. The quantitative estimate of drug-likeness (QED) is 0.282. The monoisotopic (exact) mass is 187 g/mol. The molecule has 0 atom stereocenters. The normalized spacial score (nSPS) is 10.7. The summed E-state index contributed by atoms with van der Waals surface area (Å²) in [6.45, 7) is 1.98. The Labute approximate surface area is 90.6 Å². The number of unbranched alkanes of at least 4 members (excludes halogenated alkanes) is 3. The molecular formula is C6H12NaO3S. The van der Waals surface area contributed by atoms with E-state index in [1.807, 2.05) is 13.3 Å². The van der Waals surface area contributed by atoms with Gasteiger partial charge in [0.15, 0.2) is 0 Å². The summed E-state index contributed by atoms with van der Waals surface area (Å²) in [6, 6.07) is 0. The number of hydrogen-bond donors (Lipinski definition) is 0. The molecule has 61 valence electrons. The molecule has 0 heterocycles. The van der Waals surface area contributed by atoms with E-state index in [1.165, 1.54) is 0 Å². The molecule has 11 heavy (non-hydrogen) atoms. The average Bonchev–Trinajstić information content (AvgIpc) is 1.78. The molecule has 0 fully saturated rings. The Kier molecular flexibility index (Phi) is 9.91. The molecule has 0 saturated carbocycles. The van der Waals surface area contributed by atoms with Crippen molar-refractivity contribution < 1.29 is 42.5 Å². The Bertz CT molecular complexity index is 165. The van der Waals surface area contributed by atoms with Crippen LogP contribution in [0, 0.1) is 6.42 Å². The summed E-state index contributed by atoms with van der Waals surface area (Å²) in [5, 5.41) is 0. The van der Waals surface area contributed by atoms with Crippen LogP contribution in [-0.2, 0) is 10.1 Å². The van der Waals surface area contributed by atoms with Crippen LogP contribution in [0.5, 0.6) is 0 Å². The van der Waals surface area contributed by atoms with Crippen molar-refractivity contribution in [2.24, 2.45) is 0 Å². The Morgan fingerprint density at radius 1 is 1.45 bits per heavy atom. The zero-order valence-corrected chi connectivity index (χ0v) is 9.86. The van der Waals surface area contributed by atoms with Crippen LogP contribution in [-0.4, -0.2) is 18.7 Å². The van der Waals surface area contributed by atoms with Gasteiger partial charge in [0.05, 0.1) is 10.1 Å². The third kappa shape index (κ3) is 13.8. The number of hydrogen-bond acceptors (Lipinski definition) is 3. The Morgan fingerprint density at radius 3 is 2.36 bits per heavy atom. The van der Waals surface area contributed by atoms with Crippen LogP contribution in [0.2, 0.25) is 0 Å². The molecule has 0 aromatic rings. The van der Waals surface area contributed by atoms with Crippen molar-refractivity contribution in [3.63, 3.8) is 0 Å². The van der Waals surface area contributed by atoms with Gasteiger partial charge in [-0.25, -0.2) is 8.42 Å². The van der Waals surface area contributed by atoms with Crippen LogP contribution < -0.4 is 29.6 Å². The maximum Gasteiger partial charge on any atom is 1.00 e. The van der Waals surface area contributed by atoms with Gasteiger partial charge in [0.2, 0.25) is 0 Å². The molecule has 0 bridgehead atoms. The van der Waals surface area contributed by atoms with Gasteiger partial charge in [-0.05, 0) is 19.3 Å². The van der Waals surface area contributed by atoms with Crippen LogP contribution in [0.1, 0.15) is 26.2 Å². The van der Waals surface area contributed by atoms with E-state index in [2.05, 4.69) is 0 Å². The maximum atomic E-state index is 10.0. The first kappa shape index (κ1) is 14.4. The van der Waals surface area contributed by atoms with Gasteiger partial charge in [-0.2, -0.15) is 0 Å². The van der Waals surface area contributed by atoms with Crippen LogP contribution >= 0.6 is 0 Å². The molecule has 0 unspecified atom stereocenters. The maximum absolute atomic E-state index is 10.0. The SMILES string of the molecule is CC[CH]CCCS(=O)(=O)[O-].[Na+]. The van der Waals surface area contributed by atoms with Gasteiger partial charge in [0.25, 0.3) is 0 Å². The van der Waals surface area contributed by atoms with Crippen molar-refractivity contribution in [2.75, 3.05) is 5.75 Å². The van der Waals surface area contributed by atoms with E-state index in [1.54, 1.807) is 0 Å². The van der Waals surface area contributed by atoms with Crippen LogP contribution in [0.3, 0.4) is 0 Å². The van der Waals surface area contributed by atoms with Crippen LogP contribution in [0.25, 0.3) is 0 Å². The topological polar surface area (TPSA) is 57.2 Å². The molecule has 0 saturated heterocycles. The summed E-state index contributed by atoms with van der Waals surface area (Å²) < 4.78 is 30.1. The van der Waals surface area contributed by atoms with E-state index in [-0.39, 0.29) is 35.3 Å². The van der Waals surface area contributed by atoms with E-state index in [0.29, 0.717) is 6.42 Å². The van der Waals surface area contributed by atoms with Gasteiger partial charge in [0.1, 0.15) is 0 Å². The fourth-order valence-corrected chi connectivity index (χ4v) is 1.13. The van der Waals surface area contributed by atoms with E-state index in [4.69, 9.17) is 0 Å². The third-order valence-electron chi connectivity index (χ3n) is 1.09. The molecule has 0 aromatic heterocycles. The van der Waals surface area contributed by atoms with Gasteiger partial charge >= 0.3 is 29.6 Å². The van der Waals surface area contributed by atoms with Crippen molar-refractivity contribution in [3.8, 4) is 0 Å². The van der Waals surface area contributed by atoms with Gasteiger partial charge < -0.3 is 4.55 Å². The molecule has 0 aliphatic rings. The van der Waals surface area contributed by atoms with Crippen LogP contribution in [0.4, 0.5) is 0 Å². The van der Waals surface area contributed by atoms with E-state index in [9.17, 15) is 13.0 Å². The molecule has 0 amide bonds. The van der Waals surface area contributed by atoms with Crippen LogP contribution in [0.15, 0.2) is 0 Å². The fraction of sp³-hybridized carbons (Fsp3) is 0.833. The second-order valence-corrected chi connectivity index (χ2v) is 3.62. The third-order valence-corrected chi connectivity index (χ3v) is 1.88. The minimum atomic E-state index is -3.97. The summed E-state index contributed by atoms with van der Waals surface area (Å²) in [5.74, 6) is -0.233. The summed E-state index contributed by atoms with van der Waals surface area (Å²) in [6.07, 6.45) is 4.07.